The molecular weight excluding hydrogens is 400 g/mol. The molecule has 0 bridgehead atoms. The number of hydrogen-bond acceptors (Lipinski definition) is 5. The van der Waals surface area contributed by atoms with Crippen molar-refractivity contribution in [2.24, 2.45) is 0 Å². The van der Waals surface area contributed by atoms with E-state index in [4.69, 9.17) is 4.74 Å². The maximum Gasteiger partial charge on any atom is 0.273 e. The second-order valence-corrected chi connectivity index (χ2v) is 6.87. The number of non-ortho nitro benzene ring substituents is 1. The third-order valence-corrected chi connectivity index (χ3v) is 4.87. The molecule has 3 aromatic rings. The minimum absolute atomic E-state index is 0.0539. The molecule has 2 amide bonds. The van der Waals surface area contributed by atoms with Gasteiger partial charge in [0.1, 0.15) is 12.3 Å². The van der Waals surface area contributed by atoms with Crippen LogP contribution in [-0.4, -0.2) is 45.9 Å². The Bertz CT molecular complexity index is 1100. The summed E-state index contributed by atoms with van der Waals surface area (Å²) in [6.45, 7) is 5.22. The van der Waals surface area contributed by atoms with Gasteiger partial charge in [-0.1, -0.05) is 6.07 Å². The van der Waals surface area contributed by atoms with E-state index in [2.05, 4.69) is 5.32 Å². The number of likely N-dealkylation sites (N-methyl/N-ethyl adjacent to an activating group) is 1. The molecule has 9 nitrogen and oxygen atoms in total. The first-order valence-electron chi connectivity index (χ1n) is 9.95. The van der Waals surface area contributed by atoms with Crippen molar-refractivity contribution in [1.29, 1.82) is 0 Å². The van der Waals surface area contributed by atoms with E-state index in [1.54, 1.807) is 17.0 Å². The highest BCUT2D eigenvalue weighted by Crippen LogP contribution is 2.22. The van der Waals surface area contributed by atoms with Crippen molar-refractivity contribution in [2.45, 2.75) is 20.4 Å². The molecule has 0 saturated carbocycles. The molecule has 0 spiro atoms. The summed E-state index contributed by atoms with van der Waals surface area (Å²) in [5, 5.41) is 14.5. The number of fused-ring (bicyclic) bond motifs is 1. The number of nitrogens with zero attached hydrogens (tertiary/aromatic N) is 3. The molecule has 9 heteroatoms. The smallest absolute Gasteiger partial charge is 0.273 e. The number of carbonyl (C=O) groups is 2. The Labute approximate surface area is 179 Å². The number of anilines is 1. The lowest BCUT2D eigenvalue weighted by Crippen LogP contribution is -2.33. The van der Waals surface area contributed by atoms with E-state index in [-0.39, 0.29) is 36.4 Å². The first-order valence-corrected chi connectivity index (χ1v) is 9.95. The Morgan fingerprint density at radius 1 is 1.13 bits per heavy atom. The maximum atomic E-state index is 12.4. The van der Waals surface area contributed by atoms with Crippen molar-refractivity contribution in [3.8, 4) is 5.75 Å². The molecule has 0 aliphatic carbocycles. The van der Waals surface area contributed by atoms with Gasteiger partial charge in [-0.2, -0.15) is 0 Å². The molecular formula is C22H24N4O5. The maximum absolute atomic E-state index is 12.4. The van der Waals surface area contributed by atoms with E-state index in [0.717, 1.165) is 10.9 Å². The van der Waals surface area contributed by atoms with E-state index < -0.39 is 4.92 Å². The van der Waals surface area contributed by atoms with E-state index in [0.29, 0.717) is 18.8 Å². The molecule has 3 rings (SSSR count). The van der Waals surface area contributed by atoms with Gasteiger partial charge >= 0.3 is 0 Å². The van der Waals surface area contributed by atoms with Crippen LogP contribution in [0.15, 0.2) is 54.7 Å². The van der Waals surface area contributed by atoms with Crippen molar-refractivity contribution in [3.05, 3.63) is 64.8 Å². The summed E-state index contributed by atoms with van der Waals surface area (Å²) in [4.78, 5) is 36.6. The normalized spacial score (nSPS) is 10.6. The van der Waals surface area contributed by atoms with Crippen LogP contribution in [0.25, 0.3) is 10.9 Å². The highest BCUT2D eigenvalue weighted by molar-refractivity contribution is 5.95. The monoisotopic (exact) mass is 424 g/mol. The van der Waals surface area contributed by atoms with E-state index in [1.165, 1.54) is 18.2 Å². The van der Waals surface area contributed by atoms with Crippen LogP contribution >= 0.6 is 0 Å². The number of nitro groups is 1. The van der Waals surface area contributed by atoms with Crippen LogP contribution in [0.3, 0.4) is 0 Å². The summed E-state index contributed by atoms with van der Waals surface area (Å²) in [5.41, 5.74) is 1.38. The summed E-state index contributed by atoms with van der Waals surface area (Å²) in [6.07, 6.45) is 1.85. The Balaban J connectivity index is 1.62. The molecule has 0 saturated heterocycles. The van der Waals surface area contributed by atoms with Crippen LogP contribution in [0.5, 0.6) is 5.75 Å². The zero-order valence-corrected chi connectivity index (χ0v) is 17.4. The molecule has 0 unspecified atom stereocenters. The van der Waals surface area contributed by atoms with Crippen LogP contribution in [-0.2, 0) is 16.1 Å². The van der Waals surface area contributed by atoms with Crippen LogP contribution in [0.1, 0.15) is 13.8 Å². The Hall–Kier alpha value is -3.88. The molecule has 162 valence electrons. The van der Waals surface area contributed by atoms with Gasteiger partial charge in [-0.25, -0.2) is 0 Å². The van der Waals surface area contributed by atoms with Crippen LogP contribution in [0.4, 0.5) is 11.4 Å². The first-order chi connectivity index (χ1) is 14.9. The predicted molar refractivity (Wildman–Crippen MR) is 117 cm³/mol. The lowest BCUT2D eigenvalue weighted by atomic mass is 10.2. The largest absolute Gasteiger partial charge is 0.484 e. The lowest BCUT2D eigenvalue weighted by molar-refractivity contribution is -0.384. The van der Waals surface area contributed by atoms with Gasteiger partial charge in [0, 0.05) is 41.9 Å². The van der Waals surface area contributed by atoms with E-state index in [1.807, 2.05) is 42.8 Å². The second kappa shape index (κ2) is 9.75. The lowest BCUT2D eigenvalue weighted by Gasteiger charge is -2.19. The van der Waals surface area contributed by atoms with Crippen LogP contribution in [0, 0.1) is 10.1 Å². The standard InChI is InChI=1S/C22H24N4O5/c1-3-24(4-2)22(28)14-25-11-10-16-12-17(8-9-20(16)25)23-21(27)15-31-19-7-5-6-18(13-19)26(29)30/h5-13H,3-4,14-15H2,1-2H3,(H,23,27). The Morgan fingerprint density at radius 2 is 1.90 bits per heavy atom. The summed E-state index contributed by atoms with van der Waals surface area (Å²) < 4.78 is 7.23. The zero-order chi connectivity index (χ0) is 22.4. The highest BCUT2D eigenvalue weighted by Gasteiger charge is 2.13. The molecule has 0 aliphatic rings. The average molecular weight is 424 g/mol. The molecule has 1 N–H and O–H groups in total. The third kappa shape index (κ3) is 5.39. The molecule has 0 radical (unpaired) electrons. The SMILES string of the molecule is CCN(CC)C(=O)Cn1ccc2cc(NC(=O)COc3cccc([N+](=O)[O-])c3)ccc21. The fourth-order valence-corrected chi connectivity index (χ4v) is 3.27. The van der Waals surface area contributed by atoms with Crippen molar-refractivity contribution < 1.29 is 19.2 Å². The second-order valence-electron chi connectivity index (χ2n) is 6.87. The Kier molecular flexibility index (Phi) is 6.86. The molecule has 0 aliphatic heterocycles. The number of rotatable bonds is 9. The van der Waals surface area contributed by atoms with Gasteiger partial charge < -0.3 is 19.5 Å². The number of aromatic nitrogens is 1. The number of benzene rings is 2. The highest BCUT2D eigenvalue weighted by atomic mass is 16.6. The fourth-order valence-electron chi connectivity index (χ4n) is 3.27. The number of nitrogens with one attached hydrogen (secondary N) is 1. The van der Waals surface area contributed by atoms with Gasteiger partial charge in [0.15, 0.2) is 6.61 Å². The average Bonchev–Trinajstić information content (AvgIpc) is 3.15. The molecule has 0 fully saturated rings. The van der Waals surface area contributed by atoms with Crippen LogP contribution in [0.2, 0.25) is 0 Å². The van der Waals surface area contributed by atoms with Gasteiger partial charge in [-0.3, -0.25) is 19.7 Å². The topological polar surface area (TPSA) is 107 Å². The summed E-state index contributed by atoms with van der Waals surface area (Å²) >= 11 is 0. The third-order valence-electron chi connectivity index (χ3n) is 4.87. The van der Waals surface area contributed by atoms with Gasteiger partial charge in [-0.15, -0.1) is 0 Å². The molecule has 0 atom stereocenters. The van der Waals surface area contributed by atoms with Gasteiger partial charge in [0.2, 0.25) is 5.91 Å². The van der Waals surface area contributed by atoms with Crippen molar-refractivity contribution >= 4 is 34.1 Å². The molecule has 1 heterocycles. The van der Waals surface area contributed by atoms with Crippen molar-refractivity contribution in [3.63, 3.8) is 0 Å². The molecule has 2 aromatic carbocycles. The fraction of sp³-hybridized carbons (Fsp3) is 0.273. The summed E-state index contributed by atoms with van der Waals surface area (Å²) in [6, 6.07) is 13.0. The summed E-state index contributed by atoms with van der Waals surface area (Å²) in [7, 11) is 0. The minimum atomic E-state index is -0.524. The zero-order valence-electron chi connectivity index (χ0n) is 17.4. The number of amides is 2. The van der Waals surface area contributed by atoms with Gasteiger partial charge in [0.05, 0.1) is 11.0 Å². The number of hydrogen-bond donors (Lipinski definition) is 1. The van der Waals surface area contributed by atoms with Crippen molar-refractivity contribution in [1.82, 2.24) is 9.47 Å². The van der Waals surface area contributed by atoms with E-state index in [9.17, 15) is 19.7 Å². The van der Waals surface area contributed by atoms with Gasteiger partial charge in [0.25, 0.3) is 11.6 Å². The predicted octanol–water partition coefficient (Wildman–Crippen LogP) is 3.44. The van der Waals surface area contributed by atoms with Gasteiger partial charge in [-0.05, 0) is 44.2 Å². The number of carbonyl (C=O) groups excluding carboxylic acids is 2. The molecule has 31 heavy (non-hydrogen) atoms. The number of nitro benzene ring substituents is 1. The molecule has 1 aromatic heterocycles. The van der Waals surface area contributed by atoms with Crippen molar-refractivity contribution in [2.75, 3.05) is 25.0 Å². The Morgan fingerprint density at radius 3 is 2.61 bits per heavy atom. The minimum Gasteiger partial charge on any atom is -0.484 e. The summed E-state index contributed by atoms with van der Waals surface area (Å²) in [5.74, 6) is -0.0880. The first kappa shape index (κ1) is 21.8. The number of ether oxygens (including phenoxy) is 1. The van der Waals surface area contributed by atoms with Crippen LogP contribution < -0.4 is 10.1 Å². The van der Waals surface area contributed by atoms with E-state index >= 15 is 0 Å². The quantitative estimate of drug-likeness (QED) is 0.418.